The standard InChI is InChI=1S/C39H31FN2O6/c1-23-13-15-26(16-14-23)34(43)32-31(36(44)47-2)33(37(45)48-3)41-20-19-25-11-7-8-12-28(25)35(41)39(32)29-21-27(40)17-18-30(29)42(38(39)46)22-24-9-5-4-6-10-24/h4-21,32,35H,22H2,1-3H3/t32?,35-,39+/m0/s1. The summed E-state index contributed by atoms with van der Waals surface area (Å²) in [5.41, 5.74) is 1.32. The van der Waals surface area contributed by atoms with Gasteiger partial charge in [-0.3, -0.25) is 9.59 Å². The van der Waals surface area contributed by atoms with E-state index < -0.39 is 46.8 Å². The highest BCUT2D eigenvalue weighted by molar-refractivity contribution is 6.19. The van der Waals surface area contributed by atoms with Crippen LogP contribution in [0.15, 0.2) is 115 Å². The number of anilines is 1. The van der Waals surface area contributed by atoms with Gasteiger partial charge < -0.3 is 19.3 Å². The fourth-order valence-corrected chi connectivity index (χ4v) is 7.49. The first-order valence-corrected chi connectivity index (χ1v) is 15.5. The second-order valence-corrected chi connectivity index (χ2v) is 12.1. The number of fused-ring (bicyclic) bond motifs is 6. The maximum Gasteiger partial charge on any atom is 0.355 e. The van der Waals surface area contributed by atoms with Crippen molar-refractivity contribution in [3.63, 3.8) is 0 Å². The number of methoxy groups -OCH3 is 2. The molecular weight excluding hydrogens is 611 g/mol. The lowest BCUT2D eigenvalue weighted by molar-refractivity contribution is -0.144. The lowest BCUT2D eigenvalue weighted by Crippen LogP contribution is -2.61. The molecule has 3 atom stereocenters. The van der Waals surface area contributed by atoms with Gasteiger partial charge in [-0.25, -0.2) is 14.0 Å². The molecule has 4 aromatic rings. The third kappa shape index (κ3) is 4.49. The quantitative estimate of drug-likeness (QED) is 0.187. The third-order valence-corrected chi connectivity index (χ3v) is 9.53. The Morgan fingerprint density at radius 2 is 1.54 bits per heavy atom. The van der Waals surface area contributed by atoms with Gasteiger partial charge in [-0.15, -0.1) is 0 Å². The maximum absolute atomic E-state index is 15.6. The number of rotatable bonds is 6. The normalized spacial score (nSPS) is 20.7. The van der Waals surface area contributed by atoms with Gasteiger partial charge in [-0.1, -0.05) is 84.4 Å². The summed E-state index contributed by atoms with van der Waals surface area (Å²) in [7, 11) is 2.32. The molecule has 0 bridgehead atoms. The molecule has 0 saturated carbocycles. The summed E-state index contributed by atoms with van der Waals surface area (Å²) in [6.45, 7) is 1.98. The molecule has 0 aromatic heterocycles. The van der Waals surface area contributed by atoms with Crippen LogP contribution in [0.3, 0.4) is 0 Å². The lowest BCUT2D eigenvalue weighted by Gasteiger charge is -2.52. The number of Topliss-reactive ketones (excluding diaryl/α,β-unsaturated/α-hetero) is 1. The largest absolute Gasteiger partial charge is 0.466 e. The van der Waals surface area contributed by atoms with Crippen molar-refractivity contribution < 1.29 is 33.0 Å². The molecule has 0 aliphatic carbocycles. The zero-order valence-electron chi connectivity index (χ0n) is 26.5. The van der Waals surface area contributed by atoms with Crippen LogP contribution >= 0.6 is 0 Å². The van der Waals surface area contributed by atoms with E-state index in [2.05, 4.69) is 0 Å². The minimum atomic E-state index is -1.95. The number of halogens is 1. The van der Waals surface area contributed by atoms with Crippen LogP contribution in [0, 0.1) is 18.7 Å². The first kappa shape index (κ1) is 30.8. The van der Waals surface area contributed by atoms with Gasteiger partial charge in [0.1, 0.15) is 16.9 Å². The number of hydrogen-bond acceptors (Lipinski definition) is 7. The number of esters is 2. The molecule has 0 fully saturated rings. The Morgan fingerprint density at radius 1 is 0.854 bits per heavy atom. The zero-order valence-corrected chi connectivity index (χ0v) is 26.5. The van der Waals surface area contributed by atoms with Crippen LogP contribution in [0.1, 0.15) is 44.2 Å². The van der Waals surface area contributed by atoms with Crippen molar-refractivity contribution in [3.05, 3.63) is 154 Å². The predicted molar refractivity (Wildman–Crippen MR) is 176 cm³/mol. The monoisotopic (exact) mass is 642 g/mol. The molecule has 0 radical (unpaired) electrons. The molecule has 4 aromatic carbocycles. The van der Waals surface area contributed by atoms with Gasteiger partial charge in [-0.05, 0) is 53.5 Å². The number of nitrogens with zero attached hydrogens (tertiary/aromatic N) is 2. The molecule has 1 unspecified atom stereocenters. The van der Waals surface area contributed by atoms with Crippen LogP contribution in [0.4, 0.5) is 10.1 Å². The van der Waals surface area contributed by atoms with Crippen molar-refractivity contribution in [1.29, 1.82) is 0 Å². The zero-order chi connectivity index (χ0) is 33.7. The fourth-order valence-electron chi connectivity index (χ4n) is 7.49. The van der Waals surface area contributed by atoms with Crippen LogP contribution in [0.25, 0.3) is 6.08 Å². The minimum Gasteiger partial charge on any atom is -0.466 e. The molecule has 240 valence electrons. The van der Waals surface area contributed by atoms with Gasteiger partial charge in [0, 0.05) is 17.5 Å². The molecule has 0 N–H and O–H groups in total. The molecule has 8 nitrogen and oxygen atoms in total. The Balaban J connectivity index is 1.63. The van der Waals surface area contributed by atoms with Crippen molar-refractivity contribution in [3.8, 4) is 0 Å². The van der Waals surface area contributed by atoms with Crippen LogP contribution in [0.5, 0.6) is 0 Å². The number of ketones is 1. The van der Waals surface area contributed by atoms with Crippen molar-refractivity contribution in [2.45, 2.75) is 24.9 Å². The summed E-state index contributed by atoms with van der Waals surface area (Å²) in [4.78, 5) is 61.6. The SMILES string of the molecule is COC(=O)C1=C(C(=O)OC)N2C=Cc3ccccc3[C@H]2[C@]2(C(=O)N(Cc3ccccc3)c3ccc(F)cc32)C1C(=O)c1ccc(C)cc1. The number of amides is 1. The van der Waals surface area contributed by atoms with Crippen LogP contribution in [0.2, 0.25) is 0 Å². The van der Waals surface area contributed by atoms with E-state index in [9.17, 15) is 9.59 Å². The molecule has 7 rings (SSSR count). The van der Waals surface area contributed by atoms with E-state index in [0.29, 0.717) is 11.3 Å². The highest BCUT2D eigenvalue weighted by Gasteiger charge is 2.69. The van der Waals surface area contributed by atoms with Gasteiger partial charge in [0.15, 0.2) is 5.78 Å². The van der Waals surface area contributed by atoms with Gasteiger partial charge in [0.05, 0.1) is 38.3 Å². The fraction of sp³-hybridized carbons (Fsp3) is 0.179. The molecule has 1 amide bonds. The van der Waals surface area contributed by atoms with E-state index in [1.54, 1.807) is 42.6 Å². The summed E-state index contributed by atoms with van der Waals surface area (Å²) in [5.74, 6) is -5.27. The van der Waals surface area contributed by atoms with E-state index in [1.807, 2.05) is 55.5 Å². The van der Waals surface area contributed by atoms with Gasteiger partial charge in [0.25, 0.3) is 0 Å². The van der Waals surface area contributed by atoms with Gasteiger partial charge in [0.2, 0.25) is 5.91 Å². The Morgan fingerprint density at radius 3 is 2.25 bits per heavy atom. The Bertz CT molecular complexity index is 2050. The number of benzene rings is 4. The Labute approximate surface area is 276 Å². The van der Waals surface area contributed by atoms with Crippen molar-refractivity contribution in [1.82, 2.24) is 4.90 Å². The third-order valence-electron chi connectivity index (χ3n) is 9.53. The minimum absolute atomic E-state index is 0.108. The molecule has 3 aliphatic heterocycles. The lowest BCUT2D eigenvalue weighted by atomic mass is 9.56. The van der Waals surface area contributed by atoms with Crippen LogP contribution in [-0.2, 0) is 35.8 Å². The Kier molecular flexibility index (Phi) is 7.55. The topological polar surface area (TPSA) is 93.2 Å². The van der Waals surface area contributed by atoms with E-state index >= 15 is 14.0 Å². The van der Waals surface area contributed by atoms with Crippen LogP contribution in [-0.4, -0.2) is 42.7 Å². The van der Waals surface area contributed by atoms with Gasteiger partial charge >= 0.3 is 11.9 Å². The number of carbonyl (C=O) groups excluding carboxylic acids is 4. The summed E-state index contributed by atoms with van der Waals surface area (Å²) >= 11 is 0. The van der Waals surface area contributed by atoms with E-state index in [1.165, 1.54) is 35.1 Å². The maximum atomic E-state index is 15.6. The second kappa shape index (κ2) is 11.8. The molecule has 48 heavy (non-hydrogen) atoms. The van der Waals surface area contributed by atoms with Crippen molar-refractivity contribution in [2.75, 3.05) is 19.1 Å². The van der Waals surface area contributed by atoms with Gasteiger partial charge in [-0.2, -0.15) is 0 Å². The molecule has 3 aliphatic rings. The molecule has 9 heteroatoms. The highest BCUT2D eigenvalue weighted by Crippen LogP contribution is 2.62. The number of carbonyl (C=O) groups is 4. The highest BCUT2D eigenvalue weighted by atomic mass is 19.1. The summed E-state index contributed by atoms with van der Waals surface area (Å²) < 4.78 is 26.0. The van der Waals surface area contributed by atoms with Crippen LogP contribution < -0.4 is 4.90 Å². The summed E-state index contributed by atoms with van der Waals surface area (Å²) in [6.07, 6.45) is 3.36. The average Bonchev–Trinajstić information content (AvgIpc) is 3.33. The molecule has 0 saturated heterocycles. The smallest absolute Gasteiger partial charge is 0.355 e. The molecule has 1 spiro atoms. The number of ether oxygens (including phenoxy) is 2. The summed E-state index contributed by atoms with van der Waals surface area (Å²) in [6, 6.07) is 26.4. The van der Waals surface area contributed by atoms with Crippen molar-refractivity contribution >= 4 is 35.4 Å². The first-order chi connectivity index (χ1) is 23.2. The summed E-state index contributed by atoms with van der Waals surface area (Å²) in [5, 5.41) is 0. The number of hydrogen-bond donors (Lipinski definition) is 0. The first-order valence-electron chi connectivity index (χ1n) is 15.5. The van der Waals surface area contributed by atoms with Crippen molar-refractivity contribution in [2.24, 2.45) is 5.92 Å². The Hall–Kier alpha value is -5.83. The second-order valence-electron chi connectivity index (χ2n) is 12.1. The van der Waals surface area contributed by atoms with E-state index in [0.717, 1.165) is 23.8 Å². The molecular formula is C39H31FN2O6. The number of aryl methyl sites for hydroxylation is 1. The average molecular weight is 643 g/mol. The van der Waals surface area contributed by atoms with E-state index in [-0.39, 0.29) is 28.9 Å². The predicted octanol–water partition coefficient (Wildman–Crippen LogP) is 6.06. The molecule has 3 heterocycles. The van der Waals surface area contributed by atoms with E-state index in [4.69, 9.17) is 9.47 Å².